The largest absolute Gasteiger partial charge is 0.276 e. The summed E-state index contributed by atoms with van der Waals surface area (Å²) in [4.78, 5) is 0. The first-order valence-electron chi connectivity index (χ1n) is 7.06. The van der Waals surface area contributed by atoms with Crippen LogP contribution >= 0.6 is 15.9 Å². The van der Waals surface area contributed by atoms with Crippen LogP contribution in [0.15, 0.2) is 28.1 Å². The van der Waals surface area contributed by atoms with Crippen LogP contribution in [0.4, 0.5) is 0 Å². The van der Waals surface area contributed by atoms with Crippen LogP contribution < -0.4 is 0 Å². The molecular weight excluding hydrogens is 370 g/mol. The summed E-state index contributed by atoms with van der Waals surface area (Å²) in [5.74, 6) is 0.374. The van der Waals surface area contributed by atoms with Gasteiger partial charge in [-0.1, -0.05) is 0 Å². The SMILES string of the molecule is Cn1cc(C2CCN(S(=O)(=O)c3cc(Br)nn3C)CC2)cn1. The van der Waals surface area contributed by atoms with E-state index in [0.29, 0.717) is 23.6 Å². The van der Waals surface area contributed by atoms with Gasteiger partial charge in [0, 0.05) is 39.4 Å². The molecule has 1 fully saturated rings. The van der Waals surface area contributed by atoms with Gasteiger partial charge in [0.2, 0.25) is 0 Å². The third-order valence-corrected chi connectivity index (χ3v) is 6.40. The highest BCUT2D eigenvalue weighted by molar-refractivity contribution is 9.10. The molecule has 3 rings (SSSR count). The predicted octanol–water partition coefficient (Wildman–Crippen LogP) is 1.48. The number of hydrogen-bond acceptors (Lipinski definition) is 4. The second-order valence-corrected chi connectivity index (χ2v) is 8.25. The van der Waals surface area contributed by atoms with Crippen LogP contribution in [0.2, 0.25) is 0 Å². The lowest BCUT2D eigenvalue weighted by atomic mass is 9.93. The van der Waals surface area contributed by atoms with E-state index >= 15 is 0 Å². The third-order valence-electron chi connectivity index (χ3n) is 4.06. The van der Waals surface area contributed by atoms with E-state index in [9.17, 15) is 8.42 Å². The predicted molar refractivity (Wildman–Crippen MR) is 84.8 cm³/mol. The monoisotopic (exact) mass is 387 g/mol. The molecule has 0 aliphatic carbocycles. The number of hydrogen-bond donors (Lipinski definition) is 0. The Balaban J connectivity index is 1.74. The van der Waals surface area contributed by atoms with Gasteiger partial charge in [-0.25, -0.2) is 8.42 Å². The highest BCUT2D eigenvalue weighted by Gasteiger charge is 2.32. The second-order valence-electron chi connectivity index (χ2n) is 5.55. The number of aryl methyl sites for hydroxylation is 2. The first-order chi connectivity index (χ1) is 10.4. The Morgan fingerprint density at radius 2 is 1.95 bits per heavy atom. The Bertz CT molecular complexity index is 774. The van der Waals surface area contributed by atoms with E-state index in [4.69, 9.17) is 0 Å². The first kappa shape index (κ1) is 15.7. The molecule has 0 radical (unpaired) electrons. The summed E-state index contributed by atoms with van der Waals surface area (Å²) in [5.41, 5.74) is 1.18. The van der Waals surface area contributed by atoms with Gasteiger partial charge in [0.25, 0.3) is 10.0 Å². The quantitative estimate of drug-likeness (QED) is 0.799. The van der Waals surface area contributed by atoms with Crippen LogP contribution in [0.3, 0.4) is 0 Å². The van der Waals surface area contributed by atoms with Gasteiger partial charge in [-0.05, 0) is 40.3 Å². The van der Waals surface area contributed by atoms with Crippen molar-refractivity contribution < 1.29 is 8.42 Å². The topological polar surface area (TPSA) is 73.0 Å². The van der Waals surface area contributed by atoms with Gasteiger partial charge < -0.3 is 0 Å². The fourth-order valence-corrected chi connectivity index (χ4v) is 5.07. The van der Waals surface area contributed by atoms with Gasteiger partial charge in [-0.2, -0.15) is 14.5 Å². The Kier molecular flexibility index (Phi) is 4.13. The molecule has 7 nitrogen and oxygen atoms in total. The summed E-state index contributed by atoms with van der Waals surface area (Å²) in [5, 5.41) is 8.46. The van der Waals surface area contributed by atoms with Crippen molar-refractivity contribution in [3.05, 3.63) is 28.6 Å². The van der Waals surface area contributed by atoms with Crippen LogP contribution in [0.25, 0.3) is 0 Å². The molecule has 3 heterocycles. The van der Waals surface area contributed by atoms with Crippen molar-refractivity contribution >= 4 is 26.0 Å². The van der Waals surface area contributed by atoms with Crippen molar-refractivity contribution in [2.75, 3.05) is 13.1 Å². The van der Waals surface area contributed by atoms with E-state index < -0.39 is 10.0 Å². The molecule has 0 saturated carbocycles. The molecule has 120 valence electrons. The molecule has 1 aliphatic rings. The Labute approximate surface area is 138 Å². The molecule has 0 aromatic carbocycles. The molecule has 2 aromatic rings. The molecular formula is C13H18BrN5O2S. The maximum atomic E-state index is 12.7. The average Bonchev–Trinajstić information content (AvgIpc) is 3.05. The summed E-state index contributed by atoms with van der Waals surface area (Å²) in [6.45, 7) is 1.04. The summed E-state index contributed by atoms with van der Waals surface area (Å²) < 4.78 is 30.6. The molecule has 1 saturated heterocycles. The van der Waals surface area contributed by atoms with Crippen molar-refractivity contribution in [2.45, 2.75) is 23.8 Å². The number of aromatic nitrogens is 4. The van der Waals surface area contributed by atoms with Crippen LogP contribution in [0.1, 0.15) is 24.3 Å². The Morgan fingerprint density at radius 1 is 1.27 bits per heavy atom. The summed E-state index contributed by atoms with van der Waals surface area (Å²) >= 11 is 3.22. The van der Waals surface area contributed by atoms with Crippen molar-refractivity contribution in [1.82, 2.24) is 23.9 Å². The van der Waals surface area contributed by atoms with Crippen LogP contribution in [-0.2, 0) is 24.1 Å². The number of sulfonamides is 1. The third kappa shape index (κ3) is 2.84. The fourth-order valence-electron chi connectivity index (χ4n) is 2.87. The lowest BCUT2D eigenvalue weighted by Gasteiger charge is -2.30. The number of rotatable bonds is 3. The smallest absolute Gasteiger partial charge is 0.260 e. The van der Waals surface area contributed by atoms with Gasteiger partial charge in [0.05, 0.1) is 6.20 Å². The van der Waals surface area contributed by atoms with Crippen LogP contribution in [0, 0.1) is 0 Å². The van der Waals surface area contributed by atoms with Crippen LogP contribution in [0.5, 0.6) is 0 Å². The van der Waals surface area contributed by atoms with Crippen molar-refractivity contribution in [3.8, 4) is 0 Å². The molecule has 0 atom stereocenters. The Morgan fingerprint density at radius 3 is 2.45 bits per heavy atom. The molecule has 0 unspecified atom stereocenters. The number of piperidine rings is 1. The zero-order chi connectivity index (χ0) is 15.9. The fraction of sp³-hybridized carbons (Fsp3) is 0.538. The van der Waals surface area contributed by atoms with E-state index in [1.165, 1.54) is 10.2 Å². The molecule has 0 N–H and O–H groups in total. The maximum absolute atomic E-state index is 12.7. The minimum absolute atomic E-state index is 0.221. The second kappa shape index (κ2) is 5.78. The standard InChI is InChI=1S/C13H18BrN5O2S/c1-17-9-11(8-15-17)10-3-5-19(6-4-10)22(20,21)13-7-12(14)16-18(13)2/h7-10H,3-6H2,1-2H3. The lowest BCUT2D eigenvalue weighted by Crippen LogP contribution is -2.38. The van der Waals surface area contributed by atoms with Gasteiger partial charge in [0.15, 0.2) is 5.03 Å². The molecule has 2 aromatic heterocycles. The maximum Gasteiger partial charge on any atom is 0.260 e. The highest BCUT2D eigenvalue weighted by Crippen LogP contribution is 2.30. The zero-order valence-electron chi connectivity index (χ0n) is 12.5. The minimum Gasteiger partial charge on any atom is -0.276 e. The molecule has 9 heteroatoms. The summed E-state index contributed by atoms with van der Waals surface area (Å²) in [7, 11) is 0.0418. The van der Waals surface area contributed by atoms with Gasteiger partial charge in [-0.3, -0.25) is 9.36 Å². The molecule has 1 aliphatic heterocycles. The van der Waals surface area contributed by atoms with Crippen LogP contribution in [-0.4, -0.2) is 45.4 Å². The normalized spacial score (nSPS) is 18.0. The van der Waals surface area contributed by atoms with Crippen molar-refractivity contribution in [1.29, 1.82) is 0 Å². The lowest BCUT2D eigenvalue weighted by molar-refractivity contribution is 0.317. The van der Waals surface area contributed by atoms with Gasteiger partial charge >= 0.3 is 0 Å². The Hall–Kier alpha value is -1.19. The molecule has 0 bridgehead atoms. The van der Waals surface area contributed by atoms with E-state index in [2.05, 4.69) is 26.1 Å². The molecule has 0 amide bonds. The van der Waals surface area contributed by atoms with Crippen molar-refractivity contribution in [2.24, 2.45) is 14.1 Å². The first-order valence-corrected chi connectivity index (χ1v) is 9.29. The minimum atomic E-state index is -3.49. The van der Waals surface area contributed by atoms with E-state index in [1.807, 2.05) is 19.4 Å². The van der Waals surface area contributed by atoms with E-state index in [0.717, 1.165) is 12.8 Å². The molecule has 0 spiro atoms. The average molecular weight is 388 g/mol. The zero-order valence-corrected chi connectivity index (χ0v) is 14.9. The van der Waals surface area contributed by atoms with Gasteiger partial charge in [-0.15, -0.1) is 0 Å². The van der Waals surface area contributed by atoms with E-state index in [1.54, 1.807) is 22.1 Å². The summed E-state index contributed by atoms with van der Waals surface area (Å²) in [6.07, 6.45) is 5.49. The highest BCUT2D eigenvalue weighted by atomic mass is 79.9. The number of halogens is 1. The van der Waals surface area contributed by atoms with Crippen molar-refractivity contribution in [3.63, 3.8) is 0 Å². The molecule has 22 heavy (non-hydrogen) atoms. The number of nitrogens with zero attached hydrogens (tertiary/aromatic N) is 5. The van der Waals surface area contributed by atoms with Gasteiger partial charge in [0.1, 0.15) is 4.60 Å². The van der Waals surface area contributed by atoms with E-state index in [-0.39, 0.29) is 5.03 Å². The summed E-state index contributed by atoms with van der Waals surface area (Å²) in [6, 6.07) is 1.54.